The topological polar surface area (TPSA) is 83.2 Å². The van der Waals surface area contributed by atoms with Crippen molar-refractivity contribution in [3.8, 4) is 5.88 Å². The van der Waals surface area contributed by atoms with Gasteiger partial charge in [-0.05, 0) is 23.0 Å². The Morgan fingerprint density at radius 3 is 2.53 bits per heavy atom. The fourth-order valence-electron chi connectivity index (χ4n) is 1.44. The Kier molecular flexibility index (Phi) is 3.59. The first-order chi connectivity index (χ1) is 8.96. The van der Waals surface area contributed by atoms with Gasteiger partial charge in [0.1, 0.15) is 0 Å². The van der Waals surface area contributed by atoms with E-state index in [1.807, 2.05) is 0 Å². The second-order valence-corrected chi connectivity index (χ2v) is 5.79. The van der Waals surface area contributed by atoms with Gasteiger partial charge in [0, 0.05) is 5.10 Å². The van der Waals surface area contributed by atoms with Crippen LogP contribution in [0.25, 0.3) is 0 Å². The van der Waals surface area contributed by atoms with Gasteiger partial charge in [-0.2, -0.15) is 0 Å². The molecule has 0 aliphatic heterocycles. The molecule has 0 bridgehead atoms. The van der Waals surface area contributed by atoms with E-state index in [2.05, 4.69) is 5.10 Å². The van der Waals surface area contributed by atoms with Gasteiger partial charge < -0.3 is 9.94 Å². The molecule has 8 heteroatoms. The molecule has 0 atom stereocenters. The molecule has 19 heavy (non-hydrogen) atoms. The van der Waals surface area contributed by atoms with E-state index < -0.39 is 14.9 Å². The molecule has 0 fully saturated rings. The number of nitrogens with zero attached hydrogens (tertiary/aromatic N) is 2. The third-order valence-electron chi connectivity index (χ3n) is 2.36. The summed E-state index contributed by atoms with van der Waals surface area (Å²) in [5, 5.41) is 14.5. The largest absolute Gasteiger partial charge is 0.591 e. The lowest BCUT2D eigenvalue weighted by atomic mass is 10.4. The maximum Gasteiger partial charge on any atom is 0.405 e. The fourth-order valence-corrected chi connectivity index (χ4v) is 3.12. The third-order valence-corrected chi connectivity index (χ3v) is 4.50. The first-order valence-corrected chi connectivity index (χ1v) is 6.97. The van der Waals surface area contributed by atoms with Gasteiger partial charge in [0.15, 0.2) is 0 Å². The quantitative estimate of drug-likeness (QED) is 0.628. The zero-order valence-corrected chi connectivity index (χ0v) is 11.4. The summed E-state index contributed by atoms with van der Waals surface area (Å²) in [6.07, 6.45) is 0. The minimum atomic E-state index is -3.94. The van der Waals surface area contributed by atoms with Gasteiger partial charge >= 0.3 is 5.88 Å². The number of methoxy groups -OCH3 is 1. The maximum absolute atomic E-state index is 12.3. The third kappa shape index (κ3) is 2.47. The molecule has 0 N–H and O–H groups in total. The summed E-state index contributed by atoms with van der Waals surface area (Å²) in [7, 11) is -2.65. The van der Waals surface area contributed by atoms with Crippen LogP contribution in [-0.4, -0.2) is 20.6 Å². The van der Waals surface area contributed by atoms with Crippen molar-refractivity contribution >= 4 is 21.4 Å². The summed E-state index contributed by atoms with van der Waals surface area (Å²) in [5.74, 6) is -0.0990. The lowest BCUT2D eigenvalue weighted by Gasteiger charge is -2.05. The van der Waals surface area contributed by atoms with Crippen molar-refractivity contribution in [2.75, 3.05) is 7.11 Å². The number of halogens is 1. The molecule has 2 aromatic rings. The Morgan fingerprint density at radius 1 is 1.26 bits per heavy atom. The SMILES string of the molecule is COc1ccc(S(=O)(=O)c2ccccc2Cl)n[n+]1[O-]. The lowest BCUT2D eigenvalue weighted by Crippen LogP contribution is -2.34. The van der Waals surface area contributed by atoms with Crippen LogP contribution in [0.5, 0.6) is 5.88 Å². The van der Waals surface area contributed by atoms with Crippen molar-refractivity contribution < 1.29 is 18.0 Å². The normalized spacial score (nSPS) is 11.3. The Morgan fingerprint density at radius 2 is 1.95 bits per heavy atom. The fraction of sp³-hybridized carbons (Fsp3) is 0.0909. The standard InChI is InChI=1S/C11H9ClN2O4S/c1-18-11-7-6-10(13-14(11)15)19(16,17)9-5-3-2-4-8(9)12/h2-7H,1H3. The highest BCUT2D eigenvalue weighted by Gasteiger charge is 2.25. The summed E-state index contributed by atoms with van der Waals surface area (Å²) in [6.45, 7) is 0. The first-order valence-electron chi connectivity index (χ1n) is 5.11. The monoisotopic (exact) mass is 300 g/mol. The van der Waals surface area contributed by atoms with Crippen LogP contribution in [-0.2, 0) is 9.84 Å². The number of benzene rings is 1. The summed E-state index contributed by atoms with van der Waals surface area (Å²) >= 11 is 5.84. The molecule has 6 nitrogen and oxygen atoms in total. The van der Waals surface area contributed by atoms with Crippen molar-refractivity contribution in [3.63, 3.8) is 0 Å². The first kappa shape index (κ1) is 13.6. The summed E-state index contributed by atoms with van der Waals surface area (Å²) < 4.78 is 29.2. The zero-order chi connectivity index (χ0) is 14.0. The highest BCUT2D eigenvalue weighted by Crippen LogP contribution is 2.25. The minimum absolute atomic E-state index is 0.0672. The molecule has 0 unspecified atom stereocenters. The van der Waals surface area contributed by atoms with Crippen molar-refractivity contribution in [1.82, 2.24) is 5.10 Å². The minimum Gasteiger partial charge on any atom is -0.591 e. The van der Waals surface area contributed by atoms with Gasteiger partial charge in [-0.1, -0.05) is 23.7 Å². The molecular weight excluding hydrogens is 292 g/mol. The summed E-state index contributed by atoms with van der Waals surface area (Å²) in [4.78, 5) is -0.00155. The average Bonchev–Trinajstić information content (AvgIpc) is 2.39. The van der Waals surface area contributed by atoms with E-state index in [0.29, 0.717) is 0 Å². The number of aromatic nitrogens is 2. The Bertz CT molecular complexity index is 718. The Balaban J connectivity index is 2.58. The molecule has 0 amide bonds. The predicted octanol–water partition coefficient (Wildman–Crippen LogP) is 1.21. The summed E-state index contributed by atoms with van der Waals surface area (Å²) in [6, 6.07) is 8.35. The van der Waals surface area contributed by atoms with Crippen LogP contribution in [0.15, 0.2) is 46.3 Å². The van der Waals surface area contributed by atoms with Crippen molar-refractivity contribution in [2.45, 2.75) is 9.92 Å². The van der Waals surface area contributed by atoms with Gasteiger partial charge in [0.05, 0.1) is 23.1 Å². The highest BCUT2D eigenvalue weighted by atomic mass is 35.5. The van der Waals surface area contributed by atoms with Crippen molar-refractivity contribution in [1.29, 1.82) is 0 Å². The van der Waals surface area contributed by atoms with E-state index in [4.69, 9.17) is 16.3 Å². The number of hydrogen-bond acceptors (Lipinski definition) is 5. The van der Waals surface area contributed by atoms with E-state index in [1.54, 1.807) is 6.07 Å². The molecular formula is C11H9ClN2O4S. The second-order valence-electron chi connectivity index (χ2n) is 3.52. The second kappa shape index (κ2) is 5.02. The molecule has 2 rings (SSSR count). The van der Waals surface area contributed by atoms with Crippen LogP contribution in [0.1, 0.15) is 0 Å². The van der Waals surface area contributed by atoms with Gasteiger partial charge in [-0.3, -0.25) is 0 Å². The lowest BCUT2D eigenvalue weighted by molar-refractivity contribution is -0.678. The Labute approximate surface area is 114 Å². The molecule has 0 spiro atoms. The molecule has 100 valence electrons. The smallest absolute Gasteiger partial charge is 0.405 e. The molecule has 0 saturated heterocycles. The Hall–Kier alpha value is -1.86. The number of sulfone groups is 1. The van der Waals surface area contributed by atoms with Crippen LogP contribution in [0.3, 0.4) is 0 Å². The van der Waals surface area contributed by atoms with Crippen molar-refractivity contribution in [3.05, 3.63) is 46.6 Å². The maximum atomic E-state index is 12.3. The van der Waals surface area contributed by atoms with Crippen LogP contribution < -0.4 is 9.58 Å². The van der Waals surface area contributed by atoms with Crippen LogP contribution in [0.4, 0.5) is 0 Å². The van der Waals surface area contributed by atoms with Gasteiger partial charge in [-0.15, -0.1) is 0 Å². The van der Waals surface area contributed by atoms with Gasteiger partial charge in [0.25, 0.3) is 0 Å². The van der Waals surface area contributed by atoms with Gasteiger partial charge in [-0.25, -0.2) is 8.42 Å². The van der Waals surface area contributed by atoms with Crippen molar-refractivity contribution in [2.24, 2.45) is 0 Å². The molecule has 1 heterocycles. The van der Waals surface area contributed by atoms with E-state index in [9.17, 15) is 13.6 Å². The zero-order valence-electron chi connectivity index (χ0n) is 9.78. The van der Waals surface area contributed by atoms with Gasteiger partial charge in [0.2, 0.25) is 14.9 Å². The summed E-state index contributed by atoms with van der Waals surface area (Å²) in [5.41, 5.74) is 0. The van der Waals surface area contributed by atoms with Crippen LogP contribution >= 0.6 is 11.6 Å². The molecule has 1 aromatic heterocycles. The van der Waals surface area contributed by atoms with Crippen LogP contribution in [0, 0.1) is 5.21 Å². The molecule has 0 aliphatic carbocycles. The highest BCUT2D eigenvalue weighted by molar-refractivity contribution is 7.91. The molecule has 1 aromatic carbocycles. The van der Waals surface area contributed by atoms with E-state index in [1.165, 1.54) is 37.4 Å². The number of hydrogen-bond donors (Lipinski definition) is 0. The molecule has 0 radical (unpaired) electrons. The van der Waals surface area contributed by atoms with Crippen LogP contribution in [0.2, 0.25) is 5.02 Å². The molecule has 0 aliphatic rings. The average molecular weight is 301 g/mol. The number of ether oxygens (including phenoxy) is 1. The number of rotatable bonds is 3. The van der Waals surface area contributed by atoms with E-state index in [0.717, 1.165) is 0 Å². The van der Waals surface area contributed by atoms with E-state index >= 15 is 0 Å². The predicted molar refractivity (Wildman–Crippen MR) is 66.7 cm³/mol. The molecule has 0 saturated carbocycles. The van der Waals surface area contributed by atoms with E-state index in [-0.39, 0.29) is 20.6 Å².